The van der Waals surface area contributed by atoms with Gasteiger partial charge in [-0.15, -0.1) is 0 Å². The van der Waals surface area contributed by atoms with Crippen molar-refractivity contribution in [3.63, 3.8) is 0 Å². The van der Waals surface area contributed by atoms with Gasteiger partial charge in [0.2, 0.25) is 0 Å². The summed E-state index contributed by atoms with van der Waals surface area (Å²) in [4.78, 5) is 15.1. The number of rotatable bonds is 4. The zero-order chi connectivity index (χ0) is 14.7. The van der Waals surface area contributed by atoms with Crippen molar-refractivity contribution >= 4 is 16.9 Å². The Balaban J connectivity index is 1.81. The molecular formula is C17H13NO3. The van der Waals surface area contributed by atoms with Gasteiger partial charge in [-0.05, 0) is 23.8 Å². The van der Waals surface area contributed by atoms with E-state index in [0.717, 1.165) is 10.9 Å². The molecule has 0 spiro atoms. The van der Waals surface area contributed by atoms with Gasteiger partial charge in [-0.3, -0.25) is 4.98 Å². The number of hydrogen-bond donors (Lipinski definition) is 1. The molecule has 21 heavy (non-hydrogen) atoms. The van der Waals surface area contributed by atoms with Crippen LogP contribution < -0.4 is 4.74 Å². The summed E-state index contributed by atoms with van der Waals surface area (Å²) >= 11 is 0. The van der Waals surface area contributed by atoms with Gasteiger partial charge in [-0.25, -0.2) is 4.79 Å². The van der Waals surface area contributed by atoms with Crippen LogP contribution >= 0.6 is 0 Å². The van der Waals surface area contributed by atoms with Crippen LogP contribution in [0.2, 0.25) is 0 Å². The minimum atomic E-state index is -0.978. The Morgan fingerprint density at radius 1 is 1.10 bits per heavy atom. The molecule has 0 aliphatic heterocycles. The molecule has 0 fully saturated rings. The summed E-state index contributed by atoms with van der Waals surface area (Å²) in [6, 6.07) is 16.9. The monoisotopic (exact) mass is 279 g/mol. The van der Waals surface area contributed by atoms with Crippen LogP contribution in [0.4, 0.5) is 0 Å². The summed E-state index contributed by atoms with van der Waals surface area (Å²) in [5.41, 5.74) is 1.98. The minimum Gasteiger partial charge on any atom is -0.489 e. The maximum Gasteiger partial charge on any atom is 0.337 e. The van der Waals surface area contributed by atoms with Gasteiger partial charge in [0.05, 0.1) is 11.1 Å². The normalized spacial score (nSPS) is 10.5. The molecule has 1 aromatic heterocycles. The number of aromatic nitrogens is 1. The van der Waals surface area contributed by atoms with Gasteiger partial charge in [-0.1, -0.05) is 30.3 Å². The predicted molar refractivity (Wildman–Crippen MR) is 79.5 cm³/mol. The molecule has 0 aliphatic rings. The average molecular weight is 279 g/mol. The van der Waals surface area contributed by atoms with Crippen LogP contribution in [0.5, 0.6) is 5.75 Å². The van der Waals surface area contributed by atoms with E-state index in [4.69, 9.17) is 9.84 Å². The zero-order valence-corrected chi connectivity index (χ0v) is 11.2. The molecule has 1 N–H and O–H groups in total. The number of aromatic carboxylic acids is 1. The van der Waals surface area contributed by atoms with Crippen LogP contribution in [-0.4, -0.2) is 16.1 Å². The number of carboxylic acid groups (broad SMARTS) is 1. The van der Waals surface area contributed by atoms with Gasteiger partial charge in [0, 0.05) is 17.6 Å². The lowest BCUT2D eigenvalue weighted by molar-refractivity contribution is 0.0696. The number of carbonyl (C=O) groups is 1. The fraction of sp³-hybridized carbons (Fsp3) is 0.0588. The average Bonchev–Trinajstić information content (AvgIpc) is 2.53. The van der Waals surface area contributed by atoms with E-state index in [2.05, 4.69) is 4.98 Å². The summed E-state index contributed by atoms with van der Waals surface area (Å²) in [5.74, 6) is -0.268. The number of fused-ring (bicyclic) bond motifs is 1. The van der Waals surface area contributed by atoms with E-state index in [-0.39, 0.29) is 5.56 Å². The molecule has 0 amide bonds. The number of nitrogens with zero attached hydrogens (tertiary/aromatic N) is 1. The van der Waals surface area contributed by atoms with Gasteiger partial charge in [0.15, 0.2) is 0 Å². The lowest BCUT2D eigenvalue weighted by Gasteiger charge is -2.07. The van der Waals surface area contributed by atoms with E-state index in [0.29, 0.717) is 17.9 Å². The molecule has 104 valence electrons. The molecule has 0 aliphatic carbocycles. The van der Waals surface area contributed by atoms with Crippen LogP contribution in [-0.2, 0) is 6.61 Å². The van der Waals surface area contributed by atoms with E-state index >= 15 is 0 Å². The quantitative estimate of drug-likeness (QED) is 0.794. The summed E-state index contributed by atoms with van der Waals surface area (Å²) < 4.78 is 5.72. The maximum atomic E-state index is 10.9. The van der Waals surface area contributed by atoms with Gasteiger partial charge in [0.25, 0.3) is 0 Å². The zero-order valence-electron chi connectivity index (χ0n) is 11.2. The Kier molecular flexibility index (Phi) is 3.51. The molecule has 3 aromatic rings. The molecule has 4 heteroatoms. The molecule has 1 heterocycles. The SMILES string of the molecule is O=C(O)c1cnc2cc(OCc3ccccc3)ccc2c1. The molecule has 4 nitrogen and oxygen atoms in total. The number of pyridine rings is 1. The van der Waals surface area contributed by atoms with Crippen LogP contribution in [0.25, 0.3) is 10.9 Å². The van der Waals surface area contributed by atoms with E-state index in [1.54, 1.807) is 6.07 Å². The van der Waals surface area contributed by atoms with Gasteiger partial charge in [0.1, 0.15) is 12.4 Å². The van der Waals surface area contributed by atoms with Crippen molar-refractivity contribution in [1.29, 1.82) is 0 Å². The highest BCUT2D eigenvalue weighted by molar-refractivity contribution is 5.92. The topological polar surface area (TPSA) is 59.4 Å². The van der Waals surface area contributed by atoms with Crippen molar-refractivity contribution in [2.45, 2.75) is 6.61 Å². The summed E-state index contributed by atoms with van der Waals surface area (Å²) in [7, 11) is 0. The Hall–Kier alpha value is -2.88. The second-order valence-electron chi connectivity index (χ2n) is 4.66. The standard InChI is InChI=1S/C17H13NO3/c19-17(20)14-8-13-6-7-15(9-16(13)18-10-14)21-11-12-4-2-1-3-5-12/h1-10H,11H2,(H,19,20). The third kappa shape index (κ3) is 3.00. The number of ether oxygens (including phenoxy) is 1. The molecular weight excluding hydrogens is 266 g/mol. The first-order valence-electron chi connectivity index (χ1n) is 6.52. The highest BCUT2D eigenvalue weighted by Crippen LogP contribution is 2.21. The molecule has 3 rings (SSSR count). The lowest BCUT2D eigenvalue weighted by atomic mass is 10.1. The minimum absolute atomic E-state index is 0.181. The van der Waals surface area contributed by atoms with Gasteiger partial charge >= 0.3 is 5.97 Å². The third-order valence-corrected chi connectivity index (χ3v) is 3.15. The van der Waals surface area contributed by atoms with Gasteiger partial charge in [-0.2, -0.15) is 0 Å². The van der Waals surface area contributed by atoms with Crippen LogP contribution in [0.15, 0.2) is 60.8 Å². The Morgan fingerprint density at radius 2 is 1.90 bits per heavy atom. The molecule has 0 bridgehead atoms. The first-order valence-corrected chi connectivity index (χ1v) is 6.52. The van der Waals surface area contributed by atoms with Crippen molar-refractivity contribution < 1.29 is 14.6 Å². The van der Waals surface area contributed by atoms with Gasteiger partial charge < -0.3 is 9.84 Å². The molecule has 0 unspecified atom stereocenters. The molecule has 2 aromatic carbocycles. The summed E-state index contributed by atoms with van der Waals surface area (Å²) in [6.45, 7) is 0.486. The molecule has 0 saturated carbocycles. The highest BCUT2D eigenvalue weighted by Gasteiger charge is 2.05. The third-order valence-electron chi connectivity index (χ3n) is 3.15. The molecule has 0 saturated heterocycles. The number of hydrogen-bond acceptors (Lipinski definition) is 3. The molecule has 0 radical (unpaired) electrons. The van der Waals surface area contributed by atoms with Crippen LogP contribution in [0.3, 0.4) is 0 Å². The van der Waals surface area contributed by atoms with E-state index in [1.807, 2.05) is 48.5 Å². The van der Waals surface area contributed by atoms with E-state index in [9.17, 15) is 4.79 Å². The van der Waals surface area contributed by atoms with Crippen molar-refractivity contribution in [1.82, 2.24) is 4.98 Å². The predicted octanol–water partition coefficient (Wildman–Crippen LogP) is 3.51. The lowest BCUT2D eigenvalue weighted by Crippen LogP contribution is -1.98. The largest absolute Gasteiger partial charge is 0.489 e. The van der Waals surface area contributed by atoms with Crippen molar-refractivity contribution in [3.05, 3.63) is 71.9 Å². The Labute approximate surface area is 121 Å². The maximum absolute atomic E-state index is 10.9. The van der Waals surface area contributed by atoms with E-state index in [1.165, 1.54) is 6.20 Å². The first kappa shape index (κ1) is 13.1. The second kappa shape index (κ2) is 5.63. The van der Waals surface area contributed by atoms with Crippen LogP contribution in [0, 0.1) is 0 Å². The van der Waals surface area contributed by atoms with Crippen molar-refractivity contribution in [2.24, 2.45) is 0 Å². The molecule has 0 atom stereocenters. The summed E-state index contributed by atoms with van der Waals surface area (Å²) in [5, 5.41) is 9.72. The number of carboxylic acids is 1. The van der Waals surface area contributed by atoms with Crippen molar-refractivity contribution in [2.75, 3.05) is 0 Å². The van der Waals surface area contributed by atoms with Crippen molar-refractivity contribution in [3.8, 4) is 5.75 Å². The summed E-state index contributed by atoms with van der Waals surface area (Å²) in [6.07, 6.45) is 1.35. The first-order chi connectivity index (χ1) is 10.2. The Morgan fingerprint density at radius 3 is 2.67 bits per heavy atom. The Bertz CT molecular complexity index is 784. The fourth-order valence-corrected chi connectivity index (χ4v) is 2.05. The smallest absolute Gasteiger partial charge is 0.337 e. The van der Waals surface area contributed by atoms with E-state index < -0.39 is 5.97 Å². The second-order valence-corrected chi connectivity index (χ2v) is 4.66. The number of benzene rings is 2. The highest BCUT2D eigenvalue weighted by atomic mass is 16.5. The van der Waals surface area contributed by atoms with Crippen LogP contribution in [0.1, 0.15) is 15.9 Å². The fourth-order valence-electron chi connectivity index (χ4n) is 2.05.